The second-order valence-corrected chi connectivity index (χ2v) is 9.05. The van der Waals surface area contributed by atoms with Gasteiger partial charge in [-0.25, -0.2) is 4.79 Å². The second-order valence-electron chi connectivity index (χ2n) is 9.05. The molecule has 3 amide bonds. The molecule has 6 nitrogen and oxygen atoms in total. The predicted molar refractivity (Wildman–Crippen MR) is 124 cm³/mol. The average Bonchev–Trinajstić information content (AvgIpc) is 2.87. The first-order valence-electron chi connectivity index (χ1n) is 11.8. The Hall–Kier alpha value is -3.02. The third-order valence-electron chi connectivity index (χ3n) is 7.08. The van der Waals surface area contributed by atoms with Crippen molar-refractivity contribution >= 4 is 17.6 Å². The van der Waals surface area contributed by atoms with E-state index in [1.165, 1.54) is 11.1 Å². The van der Waals surface area contributed by atoms with Crippen molar-refractivity contribution in [1.29, 1.82) is 0 Å². The van der Waals surface area contributed by atoms with E-state index in [-0.39, 0.29) is 24.0 Å². The van der Waals surface area contributed by atoms with Crippen molar-refractivity contribution in [2.24, 2.45) is 5.92 Å². The zero-order chi connectivity index (χ0) is 22.1. The molecule has 5 rings (SSSR count). The number of fused-ring (bicyclic) bond motifs is 2. The third kappa shape index (κ3) is 3.94. The lowest BCUT2D eigenvalue weighted by molar-refractivity contribution is -0.137. The third-order valence-corrected chi connectivity index (χ3v) is 7.08. The Labute approximate surface area is 189 Å². The lowest BCUT2D eigenvalue weighted by atomic mass is 9.93. The Morgan fingerprint density at radius 3 is 2.44 bits per heavy atom. The van der Waals surface area contributed by atoms with Gasteiger partial charge in [-0.2, -0.15) is 0 Å². The lowest BCUT2D eigenvalue weighted by Gasteiger charge is -2.40. The van der Waals surface area contributed by atoms with E-state index in [2.05, 4.69) is 25.1 Å². The van der Waals surface area contributed by atoms with Crippen LogP contribution in [-0.2, 0) is 17.8 Å². The van der Waals surface area contributed by atoms with Crippen LogP contribution in [0.4, 0.5) is 10.5 Å². The van der Waals surface area contributed by atoms with Crippen LogP contribution >= 0.6 is 0 Å². The number of benzene rings is 2. The summed E-state index contributed by atoms with van der Waals surface area (Å²) < 4.78 is 6.03. The molecule has 1 saturated heterocycles. The molecule has 1 atom stereocenters. The molecule has 1 fully saturated rings. The zero-order valence-electron chi connectivity index (χ0n) is 18.7. The van der Waals surface area contributed by atoms with E-state index < -0.39 is 0 Å². The number of anilines is 1. The van der Waals surface area contributed by atoms with E-state index in [1.807, 2.05) is 45.0 Å². The van der Waals surface area contributed by atoms with Gasteiger partial charge in [-0.3, -0.25) is 9.69 Å². The topological polar surface area (TPSA) is 53.1 Å². The fourth-order valence-electron chi connectivity index (χ4n) is 5.12. The number of likely N-dealkylation sites (tertiary alicyclic amines) is 1. The summed E-state index contributed by atoms with van der Waals surface area (Å²) in [4.78, 5) is 32.3. The Bertz CT molecular complexity index is 999. The smallest absolute Gasteiger partial charge is 0.324 e. The summed E-state index contributed by atoms with van der Waals surface area (Å²) in [5.41, 5.74) is 3.46. The van der Waals surface area contributed by atoms with Crippen LogP contribution in [0.3, 0.4) is 0 Å². The van der Waals surface area contributed by atoms with E-state index in [0.29, 0.717) is 26.2 Å². The van der Waals surface area contributed by atoms with Crippen molar-refractivity contribution in [3.8, 4) is 5.75 Å². The Balaban J connectivity index is 1.21. The molecule has 168 valence electrons. The van der Waals surface area contributed by atoms with Gasteiger partial charge in [-0.05, 0) is 48.9 Å². The zero-order valence-corrected chi connectivity index (χ0v) is 18.7. The molecule has 0 spiro atoms. The van der Waals surface area contributed by atoms with Gasteiger partial charge in [-0.1, -0.05) is 43.3 Å². The summed E-state index contributed by atoms with van der Waals surface area (Å²) >= 11 is 0. The quantitative estimate of drug-likeness (QED) is 0.717. The summed E-state index contributed by atoms with van der Waals surface area (Å²) in [6.07, 6.45) is 3.25. The van der Waals surface area contributed by atoms with E-state index in [1.54, 1.807) is 0 Å². The molecule has 3 aliphatic heterocycles. The number of urea groups is 1. The van der Waals surface area contributed by atoms with E-state index in [9.17, 15) is 9.59 Å². The van der Waals surface area contributed by atoms with Crippen LogP contribution in [0.15, 0.2) is 48.5 Å². The van der Waals surface area contributed by atoms with Gasteiger partial charge in [0.15, 0.2) is 0 Å². The molecule has 0 bridgehead atoms. The number of amides is 3. The number of piperidine rings is 1. The maximum atomic E-state index is 13.4. The number of carbonyl (C=O) groups excluding carboxylic acids is 2. The summed E-state index contributed by atoms with van der Waals surface area (Å²) in [6.45, 7) is 5.39. The van der Waals surface area contributed by atoms with Gasteiger partial charge in [0.1, 0.15) is 11.9 Å². The van der Waals surface area contributed by atoms with Crippen molar-refractivity contribution < 1.29 is 14.3 Å². The number of ether oxygens (including phenoxy) is 1. The minimum atomic E-state index is 0.00433. The number of carbonyl (C=O) groups is 2. The molecule has 0 unspecified atom stereocenters. The van der Waals surface area contributed by atoms with Gasteiger partial charge in [0.05, 0.1) is 12.2 Å². The molecule has 0 N–H and O–H groups in total. The van der Waals surface area contributed by atoms with Gasteiger partial charge in [-0.15, -0.1) is 0 Å². The number of rotatable bonds is 2. The van der Waals surface area contributed by atoms with E-state index in [0.717, 1.165) is 43.7 Å². The minimum absolute atomic E-state index is 0.00433. The summed E-state index contributed by atoms with van der Waals surface area (Å²) in [5.74, 6) is 1.02. The fraction of sp³-hybridized carbons (Fsp3) is 0.462. The van der Waals surface area contributed by atoms with Crippen LogP contribution in [0.5, 0.6) is 5.75 Å². The Kier molecular flexibility index (Phi) is 5.77. The first-order chi connectivity index (χ1) is 15.6. The summed E-state index contributed by atoms with van der Waals surface area (Å²) in [5, 5.41) is 0. The van der Waals surface area contributed by atoms with Crippen LogP contribution < -0.4 is 9.64 Å². The molecule has 0 saturated carbocycles. The van der Waals surface area contributed by atoms with Gasteiger partial charge < -0.3 is 14.5 Å². The van der Waals surface area contributed by atoms with Gasteiger partial charge in [0.25, 0.3) is 0 Å². The summed E-state index contributed by atoms with van der Waals surface area (Å²) in [6, 6.07) is 16.2. The highest BCUT2D eigenvalue weighted by atomic mass is 16.5. The fourth-order valence-corrected chi connectivity index (χ4v) is 5.12. The van der Waals surface area contributed by atoms with Crippen LogP contribution in [0.1, 0.15) is 37.3 Å². The number of hydrogen-bond acceptors (Lipinski definition) is 3. The van der Waals surface area contributed by atoms with Crippen LogP contribution in [-0.4, -0.2) is 54.0 Å². The standard InChI is InChI=1S/C26H31N3O3/c1-2-22-18-29(23-9-5-6-10-24(23)32-22)26(31)27-14-12-20(13-15-27)25(30)28-16-11-19-7-3-4-8-21(19)17-28/h3-10,20,22H,2,11-18H2,1H3/t22-/m0/s1. The van der Waals surface area contributed by atoms with Gasteiger partial charge in [0, 0.05) is 32.1 Å². The Morgan fingerprint density at radius 1 is 0.938 bits per heavy atom. The molecule has 6 heteroatoms. The SMILES string of the molecule is CC[C@H]1CN(C(=O)N2CCC(C(=O)N3CCc4ccccc4C3)CC2)c2ccccc2O1. The second kappa shape index (κ2) is 8.85. The van der Waals surface area contributed by atoms with Crippen molar-refractivity contribution in [3.63, 3.8) is 0 Å². The maximum Gasteiger partial charge on any atom is 0.324 e. The molecular formula is C26H31N3O3. The number of hydrogen-bond donors (Lipinski definition) is 0. The van der Waals surface area contributed by atoms with E-state index in [4.69, 9.17) is 4.74 Å². The highest BCUT2D eigenvalue weighted by molar-refractivity contribution is 5.94. The highest BCUT2D eigenvalue weighted by Gasteiger charge is 2.35. The molecule has 0 aliphatic carbocycles. The van der Waals surface area contributed by atoms with Crippen molar-refractivity contribution in [2.45, 2.75) is 45.3 Å². The monoisotopic (exact) mass is 433 g/mol. The predicted octanol–water partition coefficient (Wildman–Crippen LogP) is 4.08. The summed E-state index contributed by atoms with van der Waals surface area (Å²) in [7, 11) is 0. The average molecular weight is 434 g/mol. The lowest BCUT2D eigenvalue weighted by Crippen LogP contribution is -2.52. The van der Waals surface area contributed by atoms with Crippen molar-refractivity contribution in [2.75, 3.05) is 31.1 Å². The van der Waals surface area contributed by atoms with Crippen molar-refractivity contribution in [3.05, 3.63) is 59.7 Å². The molecule has 3 aliphatic rings. The molecular weight excluding hydrogens is 402 g/mol. The highest BCUT2D eigenvalue weighted by Crippen LogP contribution is 2.35. The van der Waals surface area contributed by atoms with Crippen molar-refractivity contribution in [1.82, 2.24) is 9.80 Å². The largest absolute Gasteiger partial charge is 0.486 e. The van der Waals surface area contributed by atoms with Gasteiger partial charge in [0.2, 0.25) is 5.91 Å². The first-order valence-corrected chi connectivity index (χ1v) is 11.8. The molecule has 0 radical (unpaired) electrons. The molecule has 0 aromatic heterocycles. The Morgan fingerprint density at radius 2 is 1.66 bits per heavy atom. The normalized spacial score (nSPS) is 20.9. The molecule has 32 heavy (non-hydrogen) atoms. The van der Waals surface area contributed by atoms with E-state index >= 15 is 0 Å². The minimum Gasteiger partial charge on any atom is -0.486 e. The van der Waals surface area contributed by atoms with Crippen LogP contribution in [0, 0.1) is 5.92 Å². The first kappa shape index (κ1) is 20.9. The molecule has 2 aromatic rings. The maximum absolute atomic E-state index is 13.4. The number of nitrogens with zero attached hydrogens (tertiary/aromatic N) is 3. The molecule has 3 heterocycles. The number of para-hydroxylation sites is 2. The van der Waals surface area contributed by atoms with Gasteiger partial charge >= 0.3 is 6.03 Å². The van der Waals surface area contributed by atoms with Crippen LogP contribution in [0.2, 0.25) is 0 Å². The van der Waals surface area contributed by atoms with Crippen LogP contribution in [0.25, 0.3) is 0 Å². The molecule has 2 aromatic carbocycles.